The van der Waals surface area contributed by atoms with Crippen LogP contribution in [0.4, 0.5) is 0 Å². The Kier molecular flexibility index (Phi) is 2.77. The topological polar surface area (TPSA) is 17.3 Å². The summed E-state index contributed by atoms with van der Waals surface area (Å²) in [6, 6.07) is 13.5. The Hall–Kier alpha value is -2.35. The van der Waals surface area contributed by atoms with Gasteiger partial charge in [0, 0.05) is 16.5 Å². The maximum absolute atomic E-state index is 5.00. The molecule has 0 saturated carbocycles. The van der Waals surface area contributed by atoms with E-state index >= 15 is 0 Å². The van der Waals surface area contributed by atoms with Crippen molar-refractivity contribution in [2.75, 3.05) is 0 Å². The quantitative estimate of drug-likeness (QED) is 0.397. The predicted octanol–water partition coefficient (Wildman–Crippen LogP) is 5.91. The first kappa shape index (κ1) is 14.9. The minimum absolute atomic E-state index is 0.129. The van der Waals surface area contributed by atoms with Crippen LogP contribution in [0.5, 0.6) is 0 Å². The molecule has 126 valence electrons. The summed E-state index contributed by atoms with van der Waals surface area (Å²) in [5.74, 6) is 0.494. The molecule has 0 bridgehead atoms. The van der Waals surface area contributed by atoms with E-state index < -0.39 is 0 Å². The summed E-state index contributed by atoms with van der Waals surface area (Å²) >= 11 is 0. The van der Waals surface area contributed by atoms with Gasteiger partial charge in [0.2, 0.25) is 0 Å². The first-order valence-electron chi connectivity index (χ1n) is 9.26. The molecule has 0 radical (unpaired) electrons. The van der Waals surface area contributed by atoms with Crippen LogP contribution in [-0.4, -0.2) is 9.38 Å². The van der Waals surface area contributed by atoms with Gasteiger partial charge in [-0.25, -0.2) is 4.98 Å². The van der Waals surface area contributed by atoms with Crippen LogP contribution in [0.15, 0.2) is 36.4 Å². The third-order valence-electron chi connectivity index (χ3n) is 6.00. The summed E-state index contributed by atoms with van der Waals surface area (Å²) in [6.07, 6.45) is 1.04. The van der Waals surface area contributed by atoms with Crippen LogP contribution in [0.25, 0.3) is 27.3 Å². The van der Waals surface area contributed by atoms with Crippen molar-refractivity contribution in [3.8, 4) is 0 Å². The number of rotatable bonds is 1. The molecule has 4 aromatic rings. The summed E-state index contributed by atoms with van der Waals surface area (Å²) < 4.78 is 2.46. The van der Waals surface area contributed by atoms with Gasteiger partial charge in [0.05, 0.1) is 11.2 Å². The van der Waals surface area contributed by atoms with Gasteiger partial charge >= 0.3 is 0 Å². The highest BCUT2D eigenvalue weighted by molar-refractivity contribution is 6.14. The van der Waals surface area contributed by atoms with E-state index in [1.165, 1.54) is 44.2 Å². The molecule has 0 N–H and O–H groups in total. The molecular weight excluding hydrogens is 304 g/mol. The van der Waals surface area contributed by atoms with E-state index in [0.717, 1.165) is 12.1 Å². The van der Waals surface area contributed by atoms with Gasteiger partial charge in [-0.3, -0.25) is 4.40 Å². The number of nitrogens with zero attached hydrogens (tertiary/aromatic N) is 2. The second kappa shape index (κ2) is 4.63. The van der Waals surface area contributed by atoms with Gasteiger partial charge in [-0.1, -0.05) is 64.1 Å². The second-order valence-corrected chi connectivity index (χ2v) is 8.49. The molecule has 2 aromatic heterocycles. The summed E-state index contributed by atoms with van der Waals surface area (Å²) in [7, 11) is 0. The zero-order valence-electron chi connectivity index (χ0n) is 15.6. The van der Waals surface area contributed by atoms with Crippen molar-refractivity contribution in [3.05, 3.63) is 58.9 Å². The molecule has 0 amide bonds. The Balaban J connectivity index is 2.20. The zero-order valence-corrected chi connectivity index (χ0v) is 15.6. The van der Waals surface area contributed by atoms with Gasteiger partial charge in [0.25, 0.3) is 0 Å². The van der Waals surface area contributed by atoms with Crippen molar-refractivity contribution in [1.29, 1.82) is 0 Å². The Labute approximate surface area is 148 Å². The van der Waals surface area contributed by atoms with Gasteiger partial charge in [-0.2, -0.15) is 0 Å². The first-order valence-corrected chi connectivity index (χ1v) is 9.26. The van der Waals surface area contributed by atoms with Gasteiger partial charge in [0.15, 0.2) is 0 Å². The molecular formula is C23H24N2. The second-order valence-electron chi connectivity index (χ2n) is 8.49. The van der Waals surface area contributed by atoms with Crippen molar-refractivity contribution >= 4 is 27.3 Å². The maximum Gasteiger partial charge on any atom is 0.145 e. The van der Waals surface area contributed by atoms with Crippen LogP contribution in [0.3, 0.4) is 0 Å². The van der Waals surface area contributed by atoms with Crippen LogP contribution in [0.2, 0.25) is 0 Å². The molecule has 1 aliphatic heterocycles. The summed E-state index contributed by atoms with van der Waals surface area (Å²) in [4.78, 5) is 5.00. The first-order chi connectivity index (χ1) is 11.9. The molecule has 1 aliphatic rings. The standard InChI is InChI=1S/C23H24N2/c1-13(2)15-10-11-18-21-20(15)16-8-6-7-9-17(16)22-24-14(3)19(25(21)22)12-23(18,4)5/h6-11,13H,12H2,1-5H3. The van der Waals surface area contributed by atoms with Crippen molar-refractivity contribution in [1.82, 2.24) is 9.38 Å². The lowest BCUT2D eigenvalue weighted by Gasteiger charge is -2.33. The predicted molar refractivity (Wildman–Crippen MR) is 106 cm³/mol. The molecule has 0 atom stereocenters. The Morgan fingerprint density at radius 3 is 2.48 bits per heavy atom. The molecule has 2 aromatic carbocycles. The minimum atomic E-state index is 0.129. The Morgan fingerprint density at radius 1 is 1.04 bits per heavy atom. The highest BCUT2D eigenvalue weighted by atomic mass is 15.0. The van der Waals surface area contributed by atoms with Crippen LogP contribution >= 0.6 is 0 Å². The lowest BCUT2D eigenvalue weighted by molar-refractivity contribution is 0.504. The van der Waals surface area contributed by atoms with Crippen molar-refractivity contribution in [3.63, 3.8) is 0 Å². The minimum Gasteiger partial charge on any atom is -0.296 e. The molecule has 0 saturated heterocycles. The number of aromatic nitrogens is 2. The normalized spacial score (nSPS) is 15.9. The number of fused-ring (bicyclic) bond motifs is 3. The fourth-order valence-corrected chi connectivity index (χ4v) is 4.75. The summed E-state index contributed by atoms with van der Waals surface area (Å²) in [5, 5.41) is 4.02. The molecule has 5 rings (SSSR count). The summed E-state index contributed by atoms with van der Waals surface area (Å²) in [6.45, 7) is 11.5. The average Bonchev–Trinajstić information content (AvgIpc) is 2.90. The zero-order chi connectivity index (χ0) is 17.5. The van der Waals surface area contributed by atoms with E-state index in [-0.39, 0.29) is 5.41 Å². The van der Waals surface area contributed by atoms with E-state index in [0.29, 0.717) is 5.92 Å². The van der Waals surface area contributed by atoms with Crippen LogP contribution < -0.4 is 0 Å². The molecule has 25 heavy (non-hydrogen) atoms. The van der Waals surface area contributed by atoms with E-state index in [2.05, 4.69) is 75.4 Å². The fourth-order valence-electron chi connectivity index (χ4n) is 4.75. The maximum atomic E-state index is 5.00. The molecule has 0 spiro atoms. The largest absolute Gasteiger partial charge is 0.296 e. The lowest BCUT2D eigenvalue weighted by Crippen LogP contribution is -2.27. The monoisotopic (exact) mass is 328 g/mol. The van der Waals surface area contributed by atoms with Crippen molar-refractivity contribution in [2.45, 2.75) is 52.4 Å². The molecule has 0 fully saturated rings. The van der Waals surface area contributed by atoms with Crippen LogP contribution in [0, 0.1) is 6.92 Å². The van der Waals surface area contributed by atoms with E-state index in [1.807, 2.05) is 0 Å². The number of imidazole rings is 1. The lowest BCUT2D eigenvalue weighted by atomic mass is 9.75. The van der Waals surface area contributed by atoms with Crippen molar-refractivity contribution in [2.24, 2.45) is 0 Å². The number of hydrogen-bond acceptors (Lipinski definition) is 1. The van der Waals surface area contributed by atoms with Gasteiger partial charge < -0.3 is 0 Å². The smallest absolute Gasteiger partial charge is 0.145 e. The van der Waals surface area contributed by atoms with Gasteiger partial charge in [-0.15, -0.1) is 0 Å². The number of pyridine rings is 1. The molecule has 0 aliphatic carbocycles. The molecule has 3 heterocycles. The van der Waals surface area contributed by atoms with Gasteiger partial charge in [-0.05, 0) is 41.2 Å². The summed E-state index contributed by atoms with van der Waals surface area (Å²) in [5.41, 5.74) is 8.07. The van der Waals surface area contributed by atoms with Crippen LogP contribution in [-0.2, 0) is 11.8 Å². The molecule has 2 heteroatoms. The van der Waals surface area contributed by atoms with Gasteiger partial charge in [0.1, 0.15) is 5.65 Å². The molecule has 0 unspecified atom stereocenters. The number of benzene rings is 2. The molecule has 2 nitrogen and oxygen atoms in total. The van der Waals surface area contributed by atoms with Crippen LogP contribution in [0.1, 0.15) is 56.1 Å². The SMILES string of the molecule is Cc1nc2c3ccccc3c3c(C(C)C)ccc4c3n2c1CC4(C)C. The number of hydrogen-bond donors (Lipinski definition) is 0. The third kappa shape index (κ3) is 1.77. The highest BCUT2D eigenvalue weighted by Gasteiger charge is 2.33. The van der Waals surface area contributed by atoms with Crippen molar-refractivity contribution < 1.29 is 0 Å². The van der Waals surface area contributed by atoms with E-state index in [9.17, 15) is 0 Å². The Bertz CT molecular complexity index is 1180. The number of aryl methyl sites for hydroxylation is 1. The average molecular weight is 328 g/mol. The fraction of sp³-hybridized carbons (Fsp3) is 0.348. The highest BCUT2D eigenvalue weighted by Crippen LogP contribution is 2.44. The van der Waals surface area contributed by atoms with E-state index in [1.54, 1.807) is 0 Å². The van der Waals surface area contributed by atoms with E-state index in [4.69, 9.17) is 4.98 Å². The Morgan fingerprint density at radius 2 is 1.76 bits per heavy atom. The third-order valence-corrected chi connectivity index (χ3v) is 6.00.